The van der Waals surface area contributed by atoms with Gasteiger partial charge in [0.1, 0.15) is 5.75 Å². The largest absolute Gasteiger partial charge is 0.507 e. The van der Waals surface area contributed by atoms with E-state index in [1.807, 2.05) is 60.7 Å². The van der Waals surface area contributed by atoms with Crippen molar-refractivity contribution in [2.45, 2.75) is 0 Å². The second kappa shape index (κ2) is 5.49. The lowest BCUT2D eigenvalue weighted by atomic mass is 10.1. The van der Waals surface area contributed by atoms with E-state index in [2.05, 4.69) is 16.7 Å². The molecule has 4 rings (SSSR count). The smallest absolute Gasteiger partial charge is 0.124 e. The minimum absolute atomic E-state index is 0.285. The van der Waals surface area contributed by atoms with Crippen LogP contribution >= 0.6 is 11.6 Å². The van der Waals surface area contributed by atoms with E-state index < -0.39 is 0 Å². The third kappa shape index (κ3) is 2.37. The Balaban J connectivity index is 2.07. The molecule has 0 radical (unpaired) electrons. The van der Waals surface area contributed by atoms with Crippen molar-refractivity contribution in [3.05, 3.63) is 83.9 Å². The molecular formula is C20H14ClNO. The standard InChI is InChI=1S/C20H14ClNO/c21-15-11-9-14(10-12-15)19-13-17-18(7-4-8-20(17)23)22(19)16-5-2-1-3-6-16/h1-13,23H. The molecule has 0 bridgehead atoms. The lowest BCUT2D eigenvalue weighted by Crippen LogP contribution is -1.96. The van der Waals surface area contributed by atoms with E-state index in [0.29, 0.717) is 5.02 Å². The lowest BCUT2D eigenvalue weighted by molar-refractivity contribution is 0.481. The first-order chi connectivity index (χ1) is 11.2. The number of hydrogen-bond acceptors (Lipinski definition) is 1. The van der Waals surface area contributed by atoms with Crippen molar-refractivity contribution in [1.82, 2.24) is 4.57 Å². The minimum Gasteiger partial charge on any atom is -0.507 e. The Kier molecular flexibility index (Phi) is 3.32. The highest BCUT2D eigenvalue weighted by Gasteiger charge is 2.14. The zero-order chi connectivity index (χ0) is 15.8. The van der Waals surface area contributed by atoms with Crippen LogP contribution in [0.5, 0.6) is 5.75 Å². The molecule has 23 heavy (non-hydrogen) atoms. The van der Waals surface area contributed by atoms with Gasteiger partial charge in [-0.15, -0.1) is 0 Å². The van der Waals surface area contributed by atoms with E-state index >= 15 is 0 Å². The first kappa shape index (κ1) is 13.9. The average Bonchev–Trinajstić information content (AvgIpc) is 2.97. The topological polar surface area (TPSA) is 25.2 Å². The van der Waals surface area contributed by atoms with Gasteiger partial charge in [0, 0.05) is 16.1 Å². The fourth-order valence-corrected chi connectivity index (χ4v) is 3.03. The molecule has 4 aromatic rings. The summed E-state index contributed by atoms with van der Waals surface area (Å²) >= 11 is 6.01. The van der Waals surface area contributed by atoms with Crippen LogP contribution in [0.1, 0.15) is 0 Å². The van der Waals surface area contributed by atoms with Crippen LogP contribution in [0.3, 0.4) is 0 Å². The van der Waals surface area contributed by atoms with Crippen molar-refractivity contribution in [2.75, 3.05) is 0 Å². The summed E-state index contributed by atoms with van der Waals surface area (Å²) < 4.78 is 2.15. The Morgan fingerprint density at radius 1 is 0.783 bits per heavy atom. The van der Waals surface area contributed by atoms with Gasteiger partial charge >= 0.3 is 0 Å². The zero-order valence-corrected chi connectivity index (χ0v) is 13.0. The molecule has 0 amide bonds. The number of aromatic hydroxyl groups is 1. The van der Waals surface area contributed by atoms with E-state index in [-0.39, 0.29) is 5.75 Å². The number of aromatic nitrogens is 1. The SMILES string of the molecule is Oc1cccc2c1cc(-c1ccc(Cl)cc1)n2-c1ccccc1. The molecule has 3 heteroatoms. The van der Waals surface area contributed by atoms with Gasteiger partial charge in [-0.2, -0.15) is 0 Å². The second-order valence-electron chi connectivity index (χ2n) is 5.42. The molecule has 1 heterocycles. The van der Waals surface area contributed by atoms with Crippen LogP contribution in [0.4, 0.5) is 0 Å². The molecule has 0 aliphatic heterocycles. The van der Waals surface area contributed by atoms with E-state index in [1.165, 1.54) is 0 Å². The molecule has 2 nitrogen and oxygen atoms in total. The monoisotopic (exact) mass is 319 g/mol. The van der Waals surface area contributed by atoms with Crippen LogP contribution in [-0.2, 0) is 0 Å². The summed E-state index contributed by atoms with van der Waals surface area (Å²) in [5, 5.41) is 11.8. The summed E-state index contributed by atoms with van der Waals surface area (Å²) in [4.78, 5) is 0. The minimum atomic E-state index is 0.285. The number of para-hydroxylation sites is 1. The predicted molar refractivity (Wildman–Crippen MR) is 95.4 cm³/mol. The summed E-state index contributed by atoms with van der Waals surface area (Å²) in [6.07, 6.45) is 0. The molecule has 1 N–H and O–H groups in total. The first-order valence-electron chi connectivity index (χ1n) is 7.39. The molecule has 0 aliphatic carbocycles. The number of phenols is 1. The molecule has 3 aromatic carbocycles. The van der Waals surface area contributed by atoms with Crippen molar-refractivity contribution in [1.29, 1.82) is 0 Å². The van der Waals surface area contributed by atoms with E-state index in [9.17, 15) is 5.11 Å². The van der Waals surface area contributed by atoms with Crippen LogP contribution in [0.2, 0.25) is 5.02 Å². The van der Waals surface area contributed by atoms with Gasteiger partial charge in [-0.25, -0.2) is 0 Å². The Hall–Kier alpha value is -2.71. The van der Waals surface area contributed by atoms with Crippen LogP contribution in [-0.4, -0.2) is 9.67 Å². The van der Waals surface area contributed by atoms with Crippen molar-refractivity contribution >= 4 is 22.5 Å². The molecule has 0 saturated heterocycles. The molecule has 0 atom stereocenters. The van der Waals surface area contributed by atoms with E-state index in [4.69, 9.17) is 11.6 Å². The molecule has 0 fully saturated rings. The third-order valence-corrected chi connectivity index (χ3v) is 4.23. The Bertz CT molecular complexity index is 972. The Morgan fingerprint density at radius 3 is 2.26 bits per heavy atom. The lowest BCUT2D eigenvalue weighted by Gasteiger charge is -2.11. The number of benzene rings is 3. The van der Waals surface area contributed by atoms with Gasteiger partial charge in [0.25, 0.3) is 0 Å². The van der Waals surface area contributed by atoms with Crippen LogP contribution in [0, 0.1) is 0 Å². The average molecular weight is 320 g/mol. The second-order valence-corrected chi connectivity index (χ2v) is 5.85. The summed E-state index contributed by atoms with van der Waals surface area (Å²) in [5.74, 6) is 0.285. The number of halogens is 1. The van der Waals surface area contributed by atoms with E-state index in [0.717, 1.165) is 27.8 Å². The summed E-state index contributed by atoms with van der Waals surface area (Å²) in [7, 11) is 0. The maximum atomic E-state index is 10.2. The molecule has 0 saturated carbocycles. The highest BCUT2D eigenvalue weighted by atomic mass is 35.5. The number of phenolic OH excluding ortho intramolecular Hbond substituents is 1. The van der Waals surface area contributed by atoms with Crippen LogP contribution in [0.25, 0.3) is 27.8 Å². The molecule has 1 aromatic heterocycles. The fourth-order valence-electron chi connectivity index (χ4n) is 2.90. The van der Waals surface area contributed by atoms with Gasteiger partial charge in [0.05, 0.1) is 11.2 Å². The number of nitrogens with zero attached hydrogens (tertiary/aromatic N) is 1. The zero-order valence-electron chi connectivity index (χ0n) is 12.3. The summed E-state index contributed by atoms with van der Waals surface area (Å²) in [6, 6.07) is 25.5. The van der Waals surface area contributed by atoms with Crippen LogP contribution < -0.4 is 0 Å². The van der Waals surface area contributed by atoms with Crippen molar-refractivity contribution in [3.8, 4) is 22.7 Å². The molecular weight excluding hydrogens is 306 g/mol. The maximum absolute atomic E-state index is 10.2. The van der Waals surface area contributed by atoms with Gasteiger partial charge in [-0.1, -0.05) is 48.0 Å². The first-order valence-corrected chi connectivity index (χ1v) is 7.76. The molecule has 112 valence electrons. The number of hydrogen-bond donors (Lipinski definition) is 1. The summed E-state index contributed by atoms with van der Waals surface area (Å²) in [6.45, 7) is 0. The maximum Gasteiger partial charge on any atom is 0.124 e. The molecule has 0 spiro atoms. The quantitative estimate of drug-likeness (QED) is 0.507. The molecule has 0 unspecified atom stereocenters. The van der Waals surface area contributed by atoms with Gasteiger partial charge in [-0.3, -0.25) is 0 Å². The summed E-state index contributed by atoms with van der Waals surface area (Å²) in [5.41, 5.74) is 4.09. The van der Waals surface area contributed by atoms with Gasteiger partial charge in [-0.05, 0) is 48.0 Å². The highest BCUT2D eigenvalue weighted by Crippen LogP contribution is 2.35. The Labute approximate surface area is 139 Å². The third-order valence-electron chi connectivity index (χ3n) is 3.98. The van der Waals surface area contributed by atoms with Crippen LogP contribution in [0.15, 0.2) is 78.9 Å². The highest BCUT2D eigenvalue weighted by molar-refractivity contribution is 6.30. The van der Waals surface area contributed by atoms with Crippen molar-refractivity contribution < 1.29 is 5.11 Å². The fraction of sp³-hybridized carbons (Fsp3) is 0. The molecule has 0 aliphatic rings. The van der Waals surface area contributed by atoms with Crippen molar-refractivity contribution in [2.24, 2.45) is 0 Å². The normalized spacial score (nSPS) is 11.0. The Morgan fingerprint density at radius 2 is 1.52 bits per heavy atom. The van der Waals surface area contributed by atoms with Gasteiger partial charge in [0.15, 0.2) is 0 Å². The van der Waals surface area contributed by atoms with Gasteiger partial charge < -0.3 is 9.67 Å². The number of rotatable bonds is 2. The van der Waals surface area contributed by atoms with Crippen molar-refractivity contribution in [3.63, 3.8) is 0 Å². The van der Waals surface area contributed by atoms with Gasteiger partial charge in [0.2, 0.25) is 0 Å². The van der Waals surface area contributed by atoms with E-state index in [1.54, 1.807) is 6.07 Å². The number of fused-ring (bicyclic) bond motifs is 1. The predicted octanol–water partition coefficient (Wildman–Crippen LogP) is 5.66.